The number of benzene rings is 2. The molecule has 0 aliphatic rings. The summed E-state index contributed by atoms with van der Waals surface area (Å²) in [5.74, 6) is -0.367. The van der Waals surface area contributed by atoms with E-state index in [1.54, 1.807) is 19.2 Å². The van der Waals surface area contributed by atoms with Gasteiger partial charge in [0.05, 0.1) is 4.90 Å². The van der Waals surface area contributed by atoms with E-state index >= 15 is 0 Å². The predicted octanol–water partition coefficient (Wildman–Crippen LogP) is 3.58. The van der Waals surface area contributed by atoms with Gasteiger partial charge in [-0.15, -0.1) is 0 Å². The summed E-state index contributed by atoms with van der Waals surface area (Å²) in [6, 6.07) is 13.8. The number of ether oxygens (including phenoxy) is 2. The fourth-order valence-electron chi connectivity index (χ4n) is 2.69. The monoisotopic (exact) mass is 459 g/mol. The maximum absolute atomic E-state index is 13.0. The number of hydrogen-bond donors (Lipinski definition) is 2. The molecule has 0 saturated heterocycles. The van der Waals surface area contributed by atoms with Crippen molar-refractivity contribution < 1.29 is 27.1 Å². The summed E-state index contributed by atoms with van der Waals surface area (Å²) in [5.41, 5.74) is 0.560. The van der Waals surface area contributed by atoms with E-state index in [0.717, 1.165) is 12.1 Å². The number of pyridine rings is 1. The Labute approximate surface area is 185 Å². The van der Waals surface area contributed by atoms with Gasteiger partial charge in [-0.25, -0.2) is 17.8 Å². The first-order chi connectivity index (χ1) is 15.4. The molecule has 0 spiro atoms. The summed E-state index contributed by atoms with van der Waals surface area (Å²) >= 11 is 0. The van der Waals surface area contributed by atoms with Gasteiger partial charge in [0.1, 0.15) is 17.1 Å². The molecule has 1 amide bonds. The minimum atomic E-state index is -3.86. The van der Waals surface area contributed by atoms with Gasteiger partial charge in [0.15, 0.2) is 0 Å². The number of rotatable bonds is 10. The first-order valence-corrected chi connectivity index (χ1v) is 11.2. The topological polar surface area (TPSA) is 107 Å². The van der Waals surface area contributed by atoms with Crippen LogP contribution in [0.25, 0.3) is 0 Å². The minimum Gasteiger partial charge on any atom is -0.438 e. The summed E-state index contributed by atoms with van der Waals surface area (Å²) in [6.07, 6.45) is 2.18. The van der Waals surface area contributed by atoms with E-state index in [1.165, 1.54) is 42.6 Å². The maximum atomic E-state index is 13.0. The third kappa shape index (κ3) is 6.25. The third-order valence-corrected chi connectivity index (χ3v) is 5.67. The second kappa shape index (κ2) is 10.7. The molecule has 8 nitrogen and oxygen atoms in total. The maximum Gasteiger partial charge on any atom is 0.261 e. The highest BCUT2D eigenvalue weighted by atomic mass is 32.2. The SMILES string of the molecule is COCCCNC(=O)c1cccnc1Oc1ccc(NS(=O)(=O)c2ccc(F)cc2)cc1. The normalized spacial score (nSPS) is 11.1. The van der Waals surface area contributed by atoms with Crippen LogP contribution >= 0.6 is 0 Å². The lowest BCUT2D eigenvalue weighted by Crippen LogP contribution is -2.25. The van der Waals surface area contributed by atoms with Crippen molar-refractivity contribution in [1.29, 1.82) is 0 Å². The van der Waals surface area contributed by atoms with Crippen molar-refractivity contribution in [2.45, 2.75) is 11.3 Å². The molecule has 168 valence electrons. The number of nitrogens with one attached hydrogen (secondary N) is 2. The quantitative estimate of drug-likeness (QED) is 0.449. The Kier molecular flexibility index (Phi) is 7.74. The number of carbonyl (C=O) groups excluding carboxylic acids is 1. The summed E-state index contributed by atoms with van der Waals surface area (Å²) in [7, 11) is -2.27. The number of methoxy groups -OCH3 is 1. The van der Waals surface area contributed by atoms with Gasteiger partial charge in [0.25, 0.3) is 15.9 Å². The average Bonchev–Trinajstić information content (AvgIpc) is 2.78. The number of sulfonamides is 1. The van der Waals surface area contributed by atoms with Crippen molar-refractivity contribution in [3.05, 3.63) is 78.2 Å². The van der Waals surface area contributed by atoms with Crippen molar-refractivity contribution in [1.82, 2.24) is 10.3 Å². The molecule has 1 aromatic heterocycles. The zero-order chi connectivity index (χ0) is 23.0. The van der Waals surface area contributed by atoms with Crippen LogP contribution in [0, 0.1) is 5.82 Å². The Morgan fingerprint density at radius 1 is 1.06 bits per heavy atom. The van der Waals surface area contributed by atoms with Crippen LogP contribution in [0.5, 0.6) is 11.6 Å². The molecule has 0 saturated carbocycles. The molecule has 3 aromatic rings. The Morgan fingerprint density at radius 3 is 2.47 bits per heavy atom. The lowest BCUT2D eigenvalue weighted by molar-refractivity contribution is 0.0945. The molecule has 10 heteroatoms. The summed E-state index contributed by atoms with van der Waals surface area (Å²) in [6.45, 7) is 0.984. The Hall–Kier alpha value is -3.50. The molecule has 0 aliphatic carbocycles. The van der Waals surface area contributed by atoms with Crippen molar-refractivity contribution in [3.8, 4) is 11.6 Å². The van der Waals surface area contributed by atoms with E-state index in [0.29, 0.717) is 31.0 Å². The van der Waals surface area contributed by atoms with Gasteiger partial charge < -0.3 is 14.8 Å². The molecule has 2 aromatic carbocycles. The van der Waals surface area contributed by atoms with E-state index in [4.69, 9.17) is 9.47 Å². The molecular formula is C22H22FN3O5S. The first kappa shape index (κ1) is 23.2. The molecule has 0 unspecified atom stereocenters. The lowest BCUT2D eigenvalue weighted by atomic mass is 10.2. The Balaban J connectivity index is 1.67. The van der Waals surface area contributed by atoms with Crippen molar-refractivity contribution in [2.24, 2.45) is 0 Å². The highest BCUT2D eigenvalue weighted by Crippen LogP contribution is 2.25. The number of halogens is 1. The summed E-state index contributed by atoms with van der Waals surface area (Å²) in [5, 5.41) is 2.77. The van der Waals surface area contributed by atoms with Crippen LogP contribution in [-0.2, 0) is 14.8 Å². The molecule has 0 radical (unpaired) electrons. The number of carbonyl (C=O) groups is 1. The highest BCUT2D eigenvalue weighted by molar-refractivity contribution is 7.92. The van der Waals surface area contributed by atoms with E-state index in [2.05, 4.69) is 15.0 Å². The standard InChI is InChI=1S/C22H22FN3O5S/c1-30-15-3-14-24-21(27)20-4-2-13-25-22(20)31-18-9-7-17(8-10-18)26-32(28,29)19-11-5-16(23)6-12-19/h2,4-13,26H,3,14-15H2,1H3,(H,24,27). The van der Waals surface area contributed by atoms with Gasteiger partial charge in [0.2, 0.25) is 5.88 Å². The van der Waals surface area contributed by atoms with Gasteiger partial charge in [0, 0.05) is 32.1 Å². The minimum absolute atomic E-state index is 0.0612. The van der Waals surface area contributed by atoms with E-state index in [-0.39, 0.29) is 22.2 Å². The van der Waals surface area contributed by atoms with Crippen molar-refractivity contribution >= 4 is 21.6 Å². The van der Waals surface area contributed by atoms with Crippen LogP contribution in [0.3, 0.4) is 0 Å². The van der Waals surface area contributed by atoms with Gasteiger partial charge >= 0.3 is 0 Å². The van der Waals surface area contributed by atoms with Crippen LogP contribution in [0.1, 0.15) is 16.8 Å². The van der Waals surface area contributed by atoms with E-state index in [1.807, 2.05) is 0 Å². The zero-order valence-electron chi connectivity index (χ0n) is 17.2. The fraction of sp³-hybridized carbons (Fsp3) is 0.182. The van der Waals surface area contributed by atoms with Crippen molar-refractivity contribution in [2.75, 3.05) is 25.0 Å². The number of anilines is 1. The third-order valence-electron chi connectivity index (χ3n) is 4.27. The first-order valence-electron chi connectivity index (χ1n) is 9.67. The van der Waals surface area contributed by atoms with Gasteiger partial charge in [-0.3, -0.25) is 9.52 Å². The molecule has 1 heterocycles. The van der Waals surface area contributed by atoms with E-state index in [9.17, 15) is 17.6 Å². The zero-order valence-corrected chi connectivity index (χ0v) is 18.1. The highest BCUT2D eigenvalue weighted by Gasteiger charge is 2.16. The fourth-order valence-corrected chi connectivity index (χ4v) is 3.75. The average molecular weight is 459 g/mol. The largest absolute Gasteiger partial charge is 0.438 e. The van der Waals surface area contributed by atoms with Gasteiger partial charge in [-0.05, 0) is 67.1 Å². The molecule has 32 heavy (non-hydrogen) atoms. The van der Waals surface area contributed by atoms with Gasteiger partial charge in [-0.1, -0.05) is 0 Å². The molecule has 0 fully saturated rings. The summed E-state index contributed by atoms with van der Waals surface area (Å²) < 4.78 is 50.9. The van der Waals surface area contributed by atoms with Crippen LogP contribution < -0.4 is 14.8 Å². The second-order valence-corrected chi connectivity index (χ2v) is 8.33. The Bertz CT molecular complexity index is 1150. The molecule has 0 atom stereocenters. The molecular weight excluding hydrogens is 437 g/mol. The smallest absolute Gasteiger partial charge is 0.261 e. The second-order valence-electron chi connectivity index (χ2n) is 6.64. The van der Waals surface area contributed by atoms with Crippen LogP contribution in [0.2, 0.25) is 0 Å². The molecule has 3 rings (SSSR count). The summed E-state index contributed by atoms with van der Waals surface area (Å²) in [4.78, 5) is 16.5. The lowest BCUT2D eigenvalue weighted by Gasteiger charge is -2.11. The van der Waals surface area contributed by atoms with Crippen LogP contribution in [-0.4, -0.2) is 39.6 Å². The number of nitrogens with zero attached hydrogens (tertiary/aromatic N) is 1. The van der Waals surface area contributed by atoms with Gasteiger partial charge in [-0.2, -0.15) is 0 Å². The number of aromatic nitrogens is 1. The predicted molar refractivity (Wildman–Crippen MR) is 117 cm³/mol. The van der Waals surface area contributed by atoms with E-state index < -0.39 is 15.8 Å². The van der Waals surface area contributed by atoms with Crippen LogP contribution in [0.4, 0.5) is 10.1 Å². The van der Waals surface area contributed by atoms with Crippen molar-refractivity contribution in [3.63, 3.8) is 0 Å². The van der Waals surface area contributed by atoms with Crippen LogP contribution in [0.15, 0.2) is 71.8 Å². The molecule has 0 bridgehead atoms. The Morgan fingerprint density at radius 2 is 1.78 bits per heavy atom. The number of amides is 1. The number of hydrogen-bond acceptors (Lipinski definition) is 6. The molecule has 2 N–H and O–H groups in total. The molecule has 0 aliphatic heterocycles.